The monoisotopic (exact) mass is 345 g/mol. The van der Waals surface area contributed by atoms with Gasteiger partial charge in [0.1, 0.15) is 5.75 Å². The third-order valence-electron chi connectivity index (χ3n) is 4.04. The van der Waals surface area contributed by atoms with Gasteiger partial charge in [0.05, 0.1) is 17.7 Å². The van der Waals surface area contributed by atoms with E-state index in [2.05, 4.69) is 5.32 Å². The van der Waals surface area contributed by atoms with Gasteiger partial charge in [0.25, 0.3) is 5.91 Å². The molecule has 0 saturated carbocycles. The van der Waals surface area contributed by atoms with Gasteiger partial charge in [0.15, 0.2) is 0 Å². The number of amides is 1. The zero-order valence-corrected chi connectivity index (χ0v) is 15.1. The third kappa shape index (κ3) is 4.31. The molecule has 0 fully saturated rings. The lowest BCUT2D eigenvalue weighted by Gasteiger charge is -2.21. The highest BCUT2D eigenvalue weighted by Gasteiger charge is 2.20. The van der Waals surface area contributed by atoms with Crippen LogP contribution < -0.4 is 10.1 Å². The number of para-hydroxylation sites is 1. The molecular weight excluding hydrogens is 322 g/mol. The van der Waals surface area contributed by atoms with Crippen molar-refractivity contribution in [2.45, 2.75) is 26.0 Å². The van der Waals surface area contributed by atoms with Crippen molar-refractivity contribution in [2.75, 3.05) is 0 Å². The average Bonchev–Trinajstić information content (AvgIpc) is 2.67. The molecule has 0 aliphatic rings. The van der Waals surface area contributed by atoms with Crippen molar-refractivity contribution < 1.29 is 9.53 Å². The number of carbonyl (C=O) groups excluding carboxylic acids is 1. The number of hydrogen-bond acceptors (Lipinski definition) is 2. The van der Waals surface area contributed by atoms with Crippen molar-refractivity contribution in [3.8, 4) is 5.75 Å². The summed E-state index contributed by atoms with van der Waals surface area (Å²) in [5.74, 6) is 0.443. The zero-order chi connectivity index (χ0) is 18.4. The van der Waals surface area contributed by atoms with E-state index in [4.69, 9.17) is 4.74 Å². The second-order valence-electron chi connectivity index (χ2n) is 6.39. The number of carbonyl (C=O) groups is 1. The third-order valence-corrected chi connectivity index (χ3v) is 4.04. The lowest BCUT2D eigenvalue weighted by atomic mass is 9.98. The van der Waals surface area contributed by atoms with Gasteiger partial charge in [-0.15, -0.1) is 0 Å². The van der Waals surface area contributed by atoms with E-state index in [1.807, 2.05) is 92.7 Å². The Morgan fingerprint density at radius 3 is 1.81 bits per heavy atom. The molecule has 0 spiro atoms. The van der Waals surface area contributed by atoms with E-state index in [9.17, 15) is 4.79 Å². The van der Waals surface area contributed by atoms with E-state index in [-0.39, 0.29) is 18.1 Å². The molecule has 0 unspecified atom stereocenters. The molecular formula is C23H23NO2. The second-order valence-corrected chi connectivity index (χ2v) is 6.39. The first-order chi connectivity index (χ1) is 12.6. The number of benzene rings is 3. The minimum Gasteiger partial charge on any atom is -0.490 e. The predicted molar refractivity (Wildman–Crippen MR) is 104 cm³/mol. The van der Waals surface area contributed by atoms with Crippen LogP contribution >= 0.6 is 0 Å². The van der Waals surface area contributed by atoms with Crippen LogP contribution in [0.3, 0.4) is 0 Å². The molecule has 0 saturated heterocycles. The molecule has 132 valence electrons. The molecule has 0 radical (unpaired) electrons. The number of nitrogens with one attached hydrogen (secondary N) is 1. The van der Waals surface area contributed by atoms with Crippen molar-refractivity contribution in [1.29, 1.82) is 0 Å². The molecule has 1 N–H and O–H groups in total. The summed E-state index contributed by atoms with van der Waals surface area (Å²) in [5, 5.41) is 3.16. The van der Waals surface area contributed by atoms with Crippen LogP contribution in [0.5, 0.6) is 5.75 Å². The van der Waals surface area contributed by atoms with E-state index < -0.39 is 0 Å². The van der Waals surface area contributed by atoms with Crippen LogP contribution in [0.15, 0.2) is 84.9 Å². The summed E-state index contributed by atoms with van der Waals surface area (Å²) in [4.78, 5) is 13.0. The fourth-order valence-electron chi connectivity index (χ4n) is 2.87. The largest absolute Gasteiger partial charge is 0.490 e. The number of hydrogen-bond donors (Lipinski definition) is 1. The molecule has 3 aromatic rings. The number of rotatable bonds is 6. The van der Waals surface area contributed by atoms with Crippen molar-refractivity contribution in [3.05, 3.63) is 102 Å². The standard InChI is InChI=1S/C23H23NO2/c1-17(2)26-21-16-10-9-15-20(21)23(25)24-22(18-11-5-3-6-12-18)19-13-7-4-8-14-19/h3-17,22H,1-2H3,(H,24,25). The zero-order valence-electron chi connectivity index (χ0n) is 15.1. The Morgan fingerprint density at radius 1 is 0.769 bits per heavy atom. The summed E-state index contributed by atoms with van der Waals surface area (Å²) in [6.45, 7) is 3.90. The Morgan fingerprint density at radius 2 is 1.27 bits per heavy atom. The molecule has 26 heavy (non-hydrogen) atoms. The Kier molecular flexibility index (Phi) is 5.69. The highest BCUT2D eigenvalue weighted by atomic mass is 16.5. The van der Waals surface area contributed by atoms with Gasteiger partial charge in [0, 0.05) is 0 Å². The first-order valence-corrected chi connectivity index (χ1v) is 8.81. The maximum absolute atomic E-state index is 13.0. The Hall–Kier alpha value is -3.07. The van der Waals surface area contributed by atoms with Gasteiger partial charge >= 0.3 is 0 Å². The summed E-state index contributed by atoms with van der Waals surface area (Å²) >= 11 is 0. The van der Waals surface area contributed by atoms with Crippen molar-refractivity contribution in [1.82, 2.24) is 5.32 Å². The summed E-state index contributed by atoms with van der Waals surface area (Å²) in [6.07, 6.45) is 0.00277. The molecule has 3 nitrogen and oxygen atoms in total. The summed E-state index contributed by atoms with van der Waals surface area (Å²) in [6, 6.07) is 27.1. The molecule has 0 bridgehead atoms. The molecule has 3 aromatic carbocycles. The van der Waals surface area contributed by atoms with Crippen molar-refractivity contribution >= 4 is 5.91 Å². The Bertz CT molecular complexity index is 805. The number of ether oxygens (including phenoxy) is 1. The normalized spacial score (nSPS) is 10.8. The Labute approximate surface area is 154 Å². The van der Waals surface area contributed by atoms with E-state index >= 15 is 0 Å². The van der Waals surface area contributed by atoms with Crippen LogP contribution in [-0.2, 0) is 0 Å². The second kappa shape index (κ2) is 8.34. The quantitative estimate of drug-likeness (QED) is 0.683. The van der Waals surface area contributed by atoms with Gasteiger partial charge < -0.3 is 10.1 Å². The molecule has 1 amide bonds. The van der Waals surface area contributed by atoms with Gasteiger partial charge in [-0.1, -0.05) is 72.8 Å². The Balaban J connectivity index is 1.92. The molecule has 3 heteroatoms. The van der Waals surface area contributed by atoms with E-state index in [0.29, 0.717) is 11.3 Å². The first kappa shape index (κ1) is 17.7. The van der Waals surface area contributed by atoms with Gasteiger partial charge in [0.2, 0.25) is 0 Å². The van der Waals surface area contributed by atoms with Crippen LogP contribution in [0.25, 0.3) is 0 Å². The van der Waals surface area contributed by atoms with Crippen LogP contribution in [0.4, 0.5) is 0 Å². The van der Waals surface area contributed by atoms with Gasteiger partial charge in [-0.25, -0.2) is 0 Å². The average molecular weight is 345 g/mol. The van der Waals surface area contributed by atoms with Crippen LogP contribution in [0.2, 0.25) is 0 Å². The lowest BCUT2D eigenvalue weighted by molar-refractivity contribution is 0.0937. The van der Waals surface area contributed by atoms with Gasteiger partial charge in [-0.3, -0.25) is 4.79 Å². The predicted octanol–water partition coefficient (Wildman–Crippen LogP) is 4.99. The summed E-state index contributed by atoms with van der Waals surface area (Å²) in [5.41, 5.74) is 2.61. The molecule has 0 aliphatic carbocycles. The van der Waals surface area contributed by atoms with Crippen LogP contribution in [0.1, 0.15) is 41.4 Å². The highest BCUT2D eigenvalue weighted by Crippen LogP contribution is 2.25. The fourth-order valence-corrected chi connectivity index (χ4v) is 2.87. The van der Waals surface area contributed by atoms with Gasteiger partial charge in [-0.2, -0.15) is 0 Å². The maximum atomic E-state index is 13.0. The molecule has 0 atom stereocenters. The molecule has 0 heterocycles. The molecule has 0 aliphatic heterocycles. The smallest absolute Gasteiger partial charge is 0.255 e. The highest BCUT2D eigenvalue weighted by molar-refractivity contribution is 5.97. The van der Waals surface area contributed by atoms with Crippen LogP contribution in [-0.4, -0.2) is 12.0 Å². The lowest BCUT2D eigenvalue weighted by Crippen LogP contribution is -2.30. The fraction of sp³-hybridized carbons (Fsp3) is 0.174. The van der Waals surface area contributed by atoms with E-state index in [1.54, 1.807) is 6.07 Å². The van der Waals surface area contributed by atoms with E-state index in [1.165, 1.54) is 0 Å². The first-order valence-electron chi connectivity index (χ1n) is 8.81. The van der Waals surface area contributed by atoms with E-state index in [0.717, 1.165) is 11.1 Å². The topological polar surface area (TPSA) is 38.3 Å². The van der Waals surface area contributed by atoms with Gasteiger partial charge in [-0.05, 0) is 37.1 Å². The van der Waals surface area contributed by atoms with Crippen molar-refractivity contribution in [2.24, 2.45) is 0 Å². The van der Waals surface area contributed by atoms with Crippen molar-refractivity contribution in [3.63, 3.8) is 0 Å². The maximum Gasteiger partial charge on any atom is 0.255 e. The summed E-state index contributed by atoms with van der Waals surface area (Å²) in [7, 11) is 0. The minimum absolute atomic E-state index is 0.00277. The minimum atomic E-state index is -0.225. The molecule has 3 rings (SSSR count). The van der Waals surface area contributed by atoms with Crippen LogP contribution in [0, 0.1) is 0 Å². The SMILES string of the molecule is CC(C)Oc1ccccc1C(=O)NC(c1ccccc1)c1ccccc1. The summed E-state index contributed by atoms with van der Waals surface area (Å²) < 4.78 is 5.80. The molecule has 0 aromatic heterocycles.